The molecule has 0 amide bonds. The van der Waals surface area contributed by atoms with Crippen LogP contribution in [0.1, 0.15) is 10.7 Å². The number of alkyl halides is 4. The smallest absolute Gasteiger partial charge is 0.493 e. The average molecular weight is 338 g/mol. The Morgan fingerprint density at radius 1 is 1.14 bits per heavy atom. The minimum Gasteiger partial charge on any atom is -0.493 e. The van der Waals surface area contributed by atoms with Gasteiger partial charge in [-0.25, -0.2) is 4.98 Å². The molecule has 1 aromatic heterocycles. The van der Waals surface area contributed by atoms with E-state index in [1.807, 2.05) is 5.38 Å². The highest BCUT2D eigenvalue weighted by atomic mass is 35.5. The van der Waals surface area contributed by atoms with E-state index in [9.17, 15) is 13.2 Å². The Bertz CT molecular complexity index is 572. The molecule has 114 valence electrons. The summed E-state index contributed by atoms with van der Waals surface area (Å²) in [4.78, 5) is 4.28. The molecule has 0 unspecified atom stereocenters. The number of ether oxygens (including phenoxy) is 2. The largest absolute Gasteiger partial charge is 0.573 e. The fraction of sp³-hybridized carbons (Fsp3) is 0.308. The maximum atomic E-state index is 12.0. The number of thiazole rings is 1. The second-order valence-corrected chi connectivity index (χ2v) is 5.19. The lowest BCUT2D eigenvalue weighted by molar-refractivity contribution is -0.274. The lowest BCUT2D eigenvalue weighted by atomic mass is 10.3. The molecule has 3 nitrogen and oxygen atoms in total. The zero-order valence-electron chi connectivity index (χ0n) is 10.7. The fourth-order valence-corrected chi connectivity index (χ4v) is 2.53. The van der Waals surface area contributed by atoms with Crippen LogP contribution < -0.4 is 9.47 Å². The van der Waals surface area contributed by atoms with Crippen LogP contribution in [0.5, 0.6) is 11.5 Å². The molecule has 8 heteroatoms. The maximum Gasteiger partial charge on any atom is 0.573 e. The Morgan fingerprint density at radius 2 is 1.81 bits per heavy atom. The van der Waals surface area contributed by atoms with Crippen LogP contribution in [-0.4, -0.2) is 18.0 Å². The molecule has 2 rings (SSSR count). The van der Waals surface area contributed by atoms with Crippen LogP contribution >= 0.6 is 22.9 Å². The van der Waals surface area contributed by atoms with Crippen LogP contribution in [0, 0.1) is 0 Å². The van der Waals surface area contributed by atoms with Crippen LogP contribution in [0.15, 0.2) is 29.6 Å². The molecule has 0 N–H and O–H groups in total. The zero-order chi connectivity index (χ0) is 15.3. The Kier molecular flexibility index (Phi) is 5.30. The summed E-state index contributed by atoms with van der Waals surface area (Å²) in [6, 6.07) is 5.26. The van der Waals surface area contributed by atoms with E-state index in [0.29, 0.717) is 24.7 Å². The molecule has 2 aromatic rings. The quantitative estimate of drug-likeness (QED) is 0.732. The Labute approximate surface area is 128 Å². The Balaban J connectivity index is 1.80. The fourth-order valence-electron chi connectivity index (χ4n) is 1.52. The third-order valence-electron chi connectivity index (χ3n) is 2.38. The highest BCUT2D eigenvalue weighted by Crippen LogP contribution is 2.24. The molecule has 0 saturated carbocycles. The van der Waals surface area contributed by atoms with E-state index in [-0.39, 0.29) is 5.75 Å². The third kappa shape index (κ3) is 5.43. The lowest BCUT2D eigenvalue weighted by Crippen LogP contribution is -2.16. The molecule has 0 atom stereocenters. The van der Waals surface area contributed by atoms with Crippen molar-refractivity contribution < 1.29 is 22.6 Å². The van der Waals surface area contributed by atoms with E-state index in [4.69, 9.17) is 16.3 Å². The molecular weight excluding hydrogens is 327 g/mol. The first-order chi connectivity index (χ1) is 9.96. The van der Waals surface area contributed by atoms with Crippen molar-refractivity contribution in [3.05, 3.63) is 40.3 Å². The van der Waals surface area contributed by atoms with Gasteiger partial charge < -0.3 is 9.47 Å². The van der Waals surface area contributed by atoms with Crippen molar-refractivity contribution in [2.45, 2.75) is 18.7 Å². The number of rotatable bonds is 6. The van der Waals surface area contributed by atoms with Crippen molar-refractivity contribution in [1.82, 2.24) is 4.98 Å². The molecule has 0 spiro atoms. The van der Waals surface area contributed by atoms with Crippen LogP contribution in [0.3, 0.4) is 0 Å². The number of halogens is 4. The summed E-state index contributed by atoms with van der Waals surface area (Å²) in [5, 5.41) is 2.79. The molecular formula is C13H11ClF3NO2S. The predicted molar refractivity (Wildman–Crippen MR) is 74.0 cm³/mol. The topological polar surface area (TPSA) is 31.4 Å². The van der Waals surface area contributed by atoms with Gasteiger partial charge >= 0.3 is 6.36 Å². The Hall–Kier alpha value is -1.47. The van der Waals surface area contributed by atoms with E-state index >= 15 is 0 Å². The minimum absolute atomic E-state index is 0.276. The van der Waals surface area contributed by atoms with Gasteiger partial charge in [-0.1, -0.05) is 0 Å². The predicted octanol–water partition coefficient (Wildman–Crippen LogP) is 4.40. The van der Waals surface area contributed by atoms with Gasteiger partial charge in [-0.3, -0.25) is 0 Å². The van der Waals surface area contributed by atoms with Crippen molar-refractivity contribution in [3.63, 3.8) is 0 Å². The lowest BCUT2D eigenvalue weighted by Gasteiger charge is -2.09. The standard InChI is InChI=1S/C13H11ClF3NO2S/c14-7-9-8-21-12(18-9)5-6-19-10-1-3-11(4-2-10)20-13(15,16)17/h1-4,8H,5-7H2. The number of hydrogen-bond acceptors (Lipinski definition) is 4. The summed E-state index contributed by atoms with van der Waals surface area (Å²) in [5.74, 6) is 0.568. The van der Waals surface area contributed by atoms with Crippen molar-refractivity contribution in [1.29, 1.82) is 0 Å². The summed E-state index contributed by atoms with van der Waals surface area (Å²) in [7, 11) is 0. The molecule has 0 aliphatic carbocycles. The van der Waals surface area contributed by atoms with Gasteiger partial charge in [0.1, 0.15) is 11.5 Å². The first-order valence-electron chi connectivity index (χ1n) is 5.94. The van der Waals surface area contributed by atoms with E-state index in [1.165, 1.54) is 35.6 Å². The maximum absolute atomic E-state index is 12.0. The van der Waals surface area contributed by atoms with Gasteiger partial charge in [0, 0.05) is 11.8 Å². The van der Waals surface area contributed by atoms with Gasteiger partial charge in [0.05, 0.1) is 23.2 Å². The molecule has 0 radical (unpaired) electrons. The van der Waals surface area contributed by atoms with Crippen molar-refractivity contribution in [3.8, 4) is 11.5 Å². The van der Waals surface area contributed by atoms with Gasteiger partial charge in [0.15, 0.2) is 0 Å². The summed E-state index contributed by atoms with van der Waals surface area (Å²) in [6.45, 7) is 0.384. The number of hydrogen-bond donors (Lipinski definition) is 0. The molecule has 0 fully saturated rings. The molecule has 0 bridgehead atoms. The van der Waals surface area contributed by atoms with Crippen LogP contribution in [0.4, 0.5) is 13.2 Å². The van der Waals surface area contributed by atoms with E-state index in [1.54, 1.807) is 0 Å². The summed E-state index contributed by atoms with van der Waals surface area (Å²) in [6.07, 6.45) is -4.07. The first kappa shape index (κ1) is 15.9. The van der Waals surface area contributed by atoms with E-state index in [2.05, 4.69) is 9.72 Å². The molecule has 1 aromatic carbocycles. The van der Waals surface area contributed by atoms with Crippen LogP contribution in [0.2, 0.25) is 0 Å². The van der Waals surface area contributed by atoms with Gasteiger partial charge in [-0.15, -0.1) is 36.1 Å². The van der Waals surface area contributed by atoms with Gasteiger partial charge in [-0.05, 0) is 24.3 Å². The SMILES string of the molecule is FC(F)(F)Oc1ccc(OCCc2nc(CCl)cs2)cc1. The van der Waals surface area contributed by atoms with E-state index < -0.39 is 6.36 Å². The average Bonchev–Trinajstić information content (AvgIpc) is 2.87. The van der Waals surface area contributed by atoms with Crippen LogP contribution in [-0.2, 0) is 12.3 Å². The highest BCUT2D eigenvalue weighted by molar-refractivity contribution is 7.09. The van der Waals surface area contributed by atoms with Crippen LogP contribution in [0.25, 0.3) is 0 Å². The van der Waals surface area contributed by atoms with Crippen molar-refractivity contribution in [2.24, 2.45) is 0 Å². The highest BCUT2D eigenvalue weighted by Gasteiger charge is 2.30. The van der Waals surface area contributed by atoms with Gasteiger partial charge in [-0.2, -0.15) is 0 Å². The molecule has 1 heterocycles. The third-order valence-corrected chi connectivity index (χ3v) is 3.61. The van der Waals surface area contributed by atoms with E-state index in [0.717, 1.165) is 10.7 Å². The number of nitrogens with zero attached hydrogens (tertiary/aromatic N) is 1. The summed E-state index contributed by atoms with van der Waals surface area (Å²) >= 11 is 7.15. The molecule has 0 aliphatic rings. The van der Waals surface area contributed by atoms with Gasteiger partial charge in [0.2, 0.25) is 0 Å². The normalized spacial score (nSPS) is 11.4. The van der Waals surface area contributed by atoms with Gasteiger partial charge in [0.25, 0.3) is 0 Å². The number of aromatic nitrogens is 1. The second kappa shape index (κ2) is 7.00. The summed E-state index contributed by atoms with van der Waals surface area (Å²) < 4.78 is 45.2. The second-order valence-electron chi connectivity index (χ2n) is 3.98. The molecule has 21 heavy (non-hydrogen) atoms. The molecule has 0 aliphatic heterocycles. The van der Waals surface area contributed by atoms with Crippen molar-refractivity contribution in [2.75, 3.05) is 6.61 Å². The Morgan fingerprint density at radius 3 is 2.38 bits per heavy atom. The summed E-state index contributed by atoms with van der Waals surface area (Å²) in [5.41, 5.74) is 0.824. The molecule has 0 saturated heterocycles. The number of benzene rings is 1. The minimum atomic E-state index is -4.69. The zero-order valence-corrected chi connectivity index (χ0v) is 12.3. The monoisotopic (exact) mass is 337 g/mol. The van der Waals surface area contributed by atoms with Crippen molar-refractivity contribution >= 4 is 22.9 Å². The first-order valence-corrected chi connectivity index (χ1v) is 7.35.